The van der Waals surface area contributed by atoms with Crippen molar-refractivity contribution in [1.82, 2.24) is 24.5 Å². The van der Waals surface area contributed by atoms with Gasteiger partial charge < -0.3 is 9.30 Å². The summed E-state index contributed by atoms with van der Waals surface area (Å²) in [5.41, 5.74) is 2.33. The second kappa shape index (κ2) is 7.05. The fourth-order valence-electron chi connectivity index (χ4n) is 2.36. The molecular weight excluding hydrogens is 340 g/mol. The number of rotatable bonds is 5. The molecule has 0 fully saturated rings. The molecule has 1 aromatic carbocycles. The Bertz CT molecular complexity index is 1090. The molecule has 0 aliphatic rings. The molecule has 0 saturated heterocycles. The minimum atomic E-state index is -0.602. The summed E-state index contributed by atoms with van der Waals surface area (Å²) in [6, 6.07) is 7.13. The van der Waals surface area contributed by atoms with Gasteiger partial charge in [0.15, 0.2) is 11.2 Å². The van der Waals surface area contributed by atoms with Gasteiger partial charge >= 0.3 is 5.69 Å². The summed E-state index contributed by atoms with van der Waals surface area (Å²) in [6.07, 6.45) is 2.81. The van der Waals surface area contributed by atoms with E-state index in [-0.39, 0.29) is 17.7 Å². The monoisotopic (exact) mass is 356 g/mol. The molecule has 0 spiro atoms. The van der Waals surface area contributed by atoms with Crippen LogP contribution in [0.2, 0.25) is 0 Å². The minimum absolute atomic E-state index is 0.140. The van der Waals surface area contributed by atoms with Crippen molar-refractivity contribution < 1.29 is 9.53 Å². The first-order chi connectivity index (χ1) is 12.5. The van der Waals surface area contributed by atoms with Crippen LogP contribution in [0.4, 0.5) is 0 Å². The number of imidazole rings is 1. The molecule has 0 unspecified atom stereocenters. The van der Waals surface area contributed by atoms with Crippen molar-refractivity contribution in [3.05, 3.63) is 57.0 Å². The zero-order valence-electron chi connectivity index (χ0n) is 14.1. The first kappa shape index (κ1) is 17.1. The lowest BCUT2D eigenvalue weighted by atomic mass is 10.2. The smallest absolute Gasteiger partial charge is 0.329 e. The zero-order valence-corrected chi connectivity index (χ0v) is 14.1. The summed E-state index contributed by atoms with van der Waals surface area (Å²) in [5.74, 6) is 0.278. The highest BCUT2D eigenvalue weighted by Crippen LogP contribution is 2.09. The molecule has 1 amide bonds. The molecule has 26 heavy (non-hydrogen) atoms. The standard InChI is InChI=1S/C16H16N6O4/c1-21-14-13(15(24)19-16(21)25)22(9-17-14)8-12(23)20-18-7-10-3-5-11(26-2)6-4-10/h3-7,9H,8H2,1-2H3,(H,20,23)(H,19,24,25)/b18-7+. The fourth-order valence-corrected chi connectivity index (χ4v) is 2.36. The highest BCUT2D eigenvalue weighted by molar-refractivity contribution is 5.83. The second-order valence-corrected chi connectivity index (χ2v) is 5.43. The molecule has 0 saturated carbocycles. The Kier molecular flexibility index (Phi) is 4.65. The lowest BCUT2D eigenvalue weighted by Crippen LogP contribution is -2.30. The maximum Gasteiger partial charge on any atom is 0.329 e. The number of carbonyl (C=O) groups is 1. The second-order valence-electron chi connectivity index (χ2n) is 5.43. The SMILES string of the molecule is COc1ccc(/C=N/NC(=O)Cn2cnc3c2c(=O)[nH]c(=O)n3C)cc1. The quantitative estimate of drug-likeness (QED) is 0.475. The van der Waals surface area contributed by atoms with Gasteiger partial charge in [-0.05, 0) is 29.8 Å². The van der Waals surface area contributed by atoms with E-state index in [1.807, 2.05) is 0 Å². The van der Waals surface area contributed by atoms with Crippen LogP contribution in [0.3, 0.4) is 0 Å². The number of ether oxygens (including phenoxy) is 1. The highest BCUT2D eigenvalue weighted by atomic mass is 16.5. The molecule has 134 valence electrons. The first-order valence-electron chi connectivity index (χ1n) is 7.59. The molecule has 10 nitrogen and oxygen atoms in total. The van der Waals surface area contributed by atoms with Crippen LogP contribution in [0, 0.1) is 0 Å². The van der Waals surface area contributed by atoms with Crippen molar-refractivity contribution in [2.45, 2.75) is 6.54 Å². The van der Waals surface area contributed by atoms with E-state index in [2.05, 4.69) is 20.5 Å². The number of methoxy groups -OCH3 is 1. The maximum atomic E-state index is 12.0. The summed E-state index contributed by atoms with van der Waals surface area (Å²) in [5, 5.41) is 3.87. The van der Waals surface area contributed by atoms with Crippen molar-refractivity contribution in [1.29, 1.82) is 0 Å². The summed E-state index contributed by atoms with van der Waals surface area (Å²) >= 11 is 0. The van der Waals surface area contributed by atoms with E-state index >= 15 is 0 Å². The van der Waals surface area contributed by atoms with E-state index in [1.54, 1.807) is 31.4 Å². The number of aromatic amines is 1. The fraction of sp³-hybridized carbons (Fsp3) is 0.188. The molecule has 2 aromatic heterocycles. The number of H-pyrrole nitrogens is 1. The number of nitrogens with zero attached hydrogens (tertiary/aromatic N) is 4. The van der Waals surface area contributed by atoms with Crippen LogP contribution in [-0.4, -0.2) is 38.3 Å². The van der Waals surface area contributed by atoms with Crippen molar-refractivity contribution in [2.24, 2.45) is 12.1 Å². The van der Waals surface area contributed by atoms with Crippen LogP contribution in [0.15, 0.2) is 45.3 Å². The van der Waals surface area contributed by atoms with Crippen molar-refractivity contribution in [2.75, 3.05) is 7.11 Å². The molecule has 0 aliphatic heterocycles. The Balaban J connectivity index is 1.71. The number of amides is 1. The number of hydrogen-bond donors (Lipinski definition) is 2. The van der Waals surface area contributed by atoms with Crippen LogP contribution >= 0.6 is 0 Å². The maximum absolute atomic E-state index is 12.0. The molecule has 3 rings (SSSR count). The third-order valence-corrected chi connectivity index (χ3v) is 3.71. The molecule has 0 aliphatic carbocycles. The number of carbonyl (C=O) groups excluding carboxylic acids is 1. The van der Waals surface area contributed by atoms with E-state index in [0.717, 1.165) is 11.3 Å². The predicted molar refractivity (Wildman–Crippen MR) is 94.3 cm³/mol. The Hall–Kier alpha value is -3.69. The highest BCUT2D eigenvalue weighted by Gasteiger charge is 2.13. The van der Waals surface area contributed by atoms with Gasteiger partial charge in [0.25, 0.3) is 11.5 Å². The van der Waals surface area contributed by atoms with Crippen LogP contribution in [0.25, 0.3) is 11.2 Å². The van der Waals surface area contributed by atoms with Crippen LogP contribution in [0.5, 0.6) is 5.75 Å². The van der Waals surface area contributed by atoms with Gasteiger partial charge in [-0.3, -0.25) is 19.1 Å². The Morgan fingerprint density at radius 3 is 2.77 bits per heavy atom. The van der Waals surface area contributed by atoms with Crippen molar-refractivity contribution >= 4 is 23.3 Å². The molecule has 0 bridgehead atoms. The normalized spacial score (nSPS) is 11.2. The summed E-state index contributed by atoms with van der Waals surface area (Å²) in [6.45, 7) is -0.169. The Labute approximate surface area is 146 Å². The first-order valence-corrected chi connectivity index (χ1v) is 7.59. The van der Waals surface area contributed by atoms with Crippen LogP contribution in [-0.2, 0) is 18.4 Å². The van der Waals surface area contributed by atoms with Crippen LogP contribution in [0.1, 0.15) is 5.56 Å². The average Bonchev–Trinajstić information content (AvgIpc) is 3.04. The number of aryl methyl sites for hydroxylation is 1. The lowest BCUT2D eigenvalue weighted by molar-refractivity contribution is -0.121. The van der Waals surface area contributed by atoms with E-state index in [9.17, 15) is 14.4 Å². The average molecular weight is 356 g/mol. The van der Waals surface area contributed by atoms with Gasteiger partial charge in [0, 0.05) is 7.05 Å². The van der Waals surface area contributed by atoms with E-state index < -0.39 is 17.2 Å². The van der Waals surface area contributed by atoms with E-state index in [4.69, 9.17) is 4.74 Å². The Morgan fingerprint density at radius 1 is 1.35 bits per heavy atom. The number of nitrogens with one attached hydrogen (secondary N) is 2. The zero-order chi connectivity index (χ0) is 18.7. The largest absolute Gasteiger partial charge is 0.497 e. The van der Waals surface area contributed by atoms with Gasteiger partial charge in [-0.25, -0.2) is 15.2 Å². The lowest BCUT2D eigenvalue weighted by Gasteiger charge is -2.03. The third-order valence-electron chi connectivity index (χ3n) is 3.71. The minimum Gasteiger partial charge on any atom is -0.497 e. The molecule has 2 N–H and O–H groups in total. The summed E-state index contributed by atoms with van der Waals surface area (Å²) < 4.78 is 7.61. The topological polar surface area (TPSA) is 123 Å². The number of hydrogen-bond acceptors (Lipinski definition) is 6. The van der Waals surface area contributed by atoms with Gasteiger partial charge in [0.05, 0.1) is 19.7 Å². The van der Waals surface area contributed by atoms with Gasteiger partial charge in [-0.1, -0.05) is 0 Å². The number of hydrazone groups is 1. The third kappa shape index (κ3) is 3.38. The van der Waals surface area contributed by atoms with E-state index in [0.29, 0.717) is 0 Å². The number of fused-ring (bicyclic) bond motifs is 1. The van der Waals surface area contributed by atoms with Gasteiger partial charge in [-0.15, -0.1) is 0 Å². The van der Waals surface area contributed by atoms with Crippen molar-refractivity contribution in [3.8, 4) is 5.75 Å². The van der Waals surface area contributed by atoms with Gasteiger partial charge in [0.1, 0.15) is 12.3 Å². The summed E-state index contributed by atoms with van der Waals surface area (Å²) in [4.78, 5) is 41.7. The molecule has 0 atom stereocenters. The molecule has 3 aromatic rings. The Morgan fingerprint density at radius 2 is 2.08 bits per heavy atom. The van der Waals surface area contributed by atoms with E-state index in [1.165, 1.54) is 28.7 Å². The number of benzene rings is 1. The molecular formula is C16H16N6O4. The van der Waals surface area contributed by atoms with Gasteiger partial charge in [0.2, 0.25) is 0 Å². The van der Waals surface area contributed by atoms with Gasteiger partial charge in [-0.2, -0.15) is 5.10 Å². The van der Waals surface area contributed by atoms with Crippen molar-refractivity contribution in [3.63, 3.8) is 0 Å². The molecule has 2 heterocycles. The number of aromatic nitrogens is 4. The molecule has 10 heteroatoms. The molecule has 0 radical (unpaired) electrons. The van der Waals surface area contributed by atoms with Crippen LogP contribution < -0.4 is 21.4 Å². The summed E-state index contributed by atoms with van der Waals surface area (Å²) in [7, 11) is 3.06. The predicted octanol–water partition coefficient (Wildman–Crippen LogP) is -0.418.